The van der Waals surface area contributed by atoms with Gasteiger partial charge in [-0.1, -0.05) is 125 Å². The summed E-state index contributed by atoms with van der Waals surface area (Å²) in [6.45, 7) is 20.9. The number of benzene rings is 6. The van der Waals surface area contributed by atoms with Crippen molar-refractivity contribution >= 4 is 90.7 Å². The minimum absolute atomic E-state index is 0. The molecule has 20 heteroatoms. The molecule has 0 radical (unpaired) electrons. The van der Waals surface area contributed by atoms with Crippen molar-refractivity contribution in [3.05, 3.63) is 191 Å². The molecule has 544 valence electrons. The molecule has 6 fully saturated rings. The normalized spacial score (nSPS) is 16.5. The summed E-state index contributed by atoms with van der Waals surface area (Å²) in [5, 5.41) is 8.63. The summed E-state index contributed by atoms with van der Waals surface area (Å²) >= 11 is 0. The van der Waals surface area contributed by atoms with E-state index in [9.17, 15) is 0 Å². The summed E-state index contributed by atoms with van der Waals surface area (Å²) in [7, 11) is 0. The third kappa shape index (κ3) is 22.9. The first-order valence-electron chi connectivity index (χ1n) is 35.5. The van der Waals surface area contributed by atoms with E-state index in [0.29, 0.717) is 0 Å². The third-order valence-corrected chi connectivity index (χ3v) is 19.0. The van der Waals surface area contributed by atoms with E-state index in [-0.39, 0.29) is 95.0 Å². The van der Waals surface area contributed by atoms with E-state index < -0.39 is 0 Å². The Bertz CT molecular complexity index is 3580. The van der Waals surface area contributed by atoms with E-state index in [1.54, 1.807) is 0 Å². The molecule has 12 bridgehead atoms. The van der Waals surface area contributed by atoms with Gasteiger partial charge in [-0.25, -0.2) is 0 Å². The van der Waals surface area contributed by atoms with Gasteiger partial charge in [0.1, 0.15) is 0 Å². The smallest absolute Gasteiger partial charge is 0.0707 e. The molecule has 6 aromatic carbocycles. The molecule has 10 aromatic rings. The standard InChI is InChI=1S/C58H48N8.6C4H8O.4O.2U/c1-5-57(6-2)53-25-21-41(63-53)33-59-49-17-9-13-37-29-39-15-11-19-51(47(39)31-45(37)49)61-35-43-23-27-55(65-43)58(7-3,8-4)56-28-24-44(66-56)36-62-52-20-12-16-40-30-38-14-10-18-50(46(38)32-48(40)52)60-34-42-22-26-54(57)64-42;6*1-2-4-5-3-1;;;;;;/h9-36H,5-8H2,1-4H3;6*1-4H2;;;;;;/q-4;;;;;;;4*-2;;. The van der Waals surface area contributed by atoms with Crippen LogP contribution in [0.4, 0.5) is 22.7 Å². The van der Waals surface area contributed by atoms with Crippen LogP contribution in [-0.4, -0.2) is 104 Å². The van der Waals surface area contributed by atoms with Crippen molar-refractivity contribution in [2.24, 2.45) is 20.0 Å². The molecule has 17 rings (SSSR count). The molecule has 11 heterocycles. The molecular formula is C82H96N8O10U2-12. The molecule has 0 unspecified atom stereocenters. The van der Waals surface area contributed by atoms with Crippen LogP contribution >= 0.6 is 0 Å². The van der Waals surface area contributed by atoms with Crippen LogP contribution < -0.4 is 19.9 Å². The second kappa shape index (κ2) is 45.3. The summed E-state index contributed by atoms with van der Waals surface area (Å²) in [6, 6.07) is 50.6. The number of aromatic nitrogens is 4. The van der Waals surface area contributed by atoms with Gasteiger partial charge < -0.3 is 70.3 Å². The Balaban J connectivity index is 0.000000428. The van der Waals surface area contributed by atoms with Gasteiger partial charge in [0.25, 0.3) is 0 Å². The molecule has 102 heavy (non-hydrogen) atoms. The third-order valence-electron chi connectivity index (χ3n) is 19.0. The zero-order valence-electron chi connectivity index (χ0n) is 59.6. The number of hydrogen-bond acceptors (Lipinski definition) is 10. The second-order valence-electron chi connectivity index (χ2n) is 25.2. The minimum Gasteiger partial charge on any atom is -2.00 e. The Hall–Kier alpha value is -6.14. The fourth-order valence-electron chi connectivity index (χ4n) is 13.2. The zero-order chi connectivity index (χ0) is 66.0. The van der Waals surface area contributed by atoms with Crippen LogP contribution in [0.25, 0.3) is 43.1 Å². The summed E-state index contributed by atoms with van der Waals surface area (Å²) in [6.07, 6.45) is 26.2. The monoisotopic (exact) mass is 1830 g/mol. The SMILES string of the molecule is C1CCOC1.C1CCOC1.C1CCOC1.C1CCOC1.C1CCOC1.C1CCOC1.CCC1(CC)c2ccc([n-]2)C=Nc2cccc3cc4cccc(c4cc23)N=Cc2ccc([n-]2)C(CC)(CC)c2ccc([n-]2)C=Nc2cccc3cc4cccc(c4cc23)N=Cc2ccc1[n-]2.[O-2].[O-2].[O-2].[O-2].[U].[U]. The van der Waals surface area contributed by atoms with Crippen molar-refractivity contribution in [2.45, 2.75) is 141 Å². The quantitative estimate of drug-likeness (QED) is 0.150. The van der Waals surface area contributed by atoms with Gasteiger partial charge in [-0.3, -0.25) is 20.0 Å². The maximum atomic E-state index is 5.17. The van der Waals surface area contributed by atoms with Crippen LogP contribution in [0, 0.1) is 62.2 Å². The molecule has 0 amide bonds. The predicted octanol–water partition coefficient (Wildman–Crippen LogP) is 18.0. The Morgan fingerprint density at radius 2 is 0.471 bits per heavy atom. The predicted molar refractivity (Wildman–Crippen MR) is 397 cm³/mol. The van der Waals surface area contributed by atoms with Crippen LogP contribution in [0.15, 0.2) is 166 Å². The van der Waals surface area contributed by atoms with Gasteiger partial charge in [0.05, 0.1) is 22.7 Å². The molecule has 7 aliphatic rings. The molecular weight excluding hydrogens is 1730 g/mol. The molecule has 0 N–H and O–H groups in total. The molecule has 0 spiro atoms. The molecule has 7 aliphatic heterocycles. The summed E-state index contributed by atoms with van der Waals surface area (Å²) in [4.78, 5) is 40.9. The van der Waals surface area contributed by atoms with E-state index in [4.69, 9.17) is 68.3 Å². The number of ether oxygens (including phenoxy) is 6. The first-order chi connectivity index (χ1) is 47.4. The van der Waals surface area contributed by atoms with Gasteiger partial charge in [-0.15, -0.1) is 22.8 Å². The summed E-state index contributed by atoms with van der Waals surface area (Å²) in [5.74, 6) is 0. The van der Waals surface area contributed by atoms with Crippen molar-refractivity contribution in [1.82, 2.24) is 19.9 Å². The van der Waals surface area contributed by atoms with Gasteiger partial charge in [0, 0.05) is 188 Å². The number of nitrogens with zero attached hydrogens (tertiary/aromatic N) is 8. The Morgan fingerprint density at radius 1 is 0.275 bits per heavy atom. The van der Waals surface area contributed by atoms with Crippen molar-refractivity contribution in [1.29, 1.82) is 0 Å². The van der Waals surface area contributed by atoms with Crippen LogP contribution in [0.5, 0.6) is 0 Å². The maximum absolute atomic E-state index is 5.17. The zero-order valence-corrected chi connectivity index (χ0v) is 68.0. The topological polar surface area (TPSA) is 275 Å². The van der Waals surface area contributed by atoms with E-state index in [1.165, 1.54) is 77.0 Å². The second-order valence-corrected chi connectivity index (χ2v) is 25.2. The van der Waals surface area contributed by atoms with Crippen molar-refractivity contribution in [2.75, 3.05) is 79.3 Å². The van der Waals surface area contributed by atoms with Crippen molar-refractivity contribution in [3.8, 4) is 0 Å². The largest absolute Gasteiger partial charge is 2.00 e. The average Bonchev–Trinajstić information content (AvgIpc) is 1.77. The van der Waals surface area contributed by atoms with Gasteiger partial charge in [-0.2, -0.15) is 22.8 Å². The molecule has 6 saturated heterocycles. The fraction of sp³-hybridized carbons (Fsp3) is 0.415. The number of rotatable bonds is 4. The van der Waals surface area contributed by atoms with E-state index in [1.807, 2.05) is 24.9 Å². The Morgan fingerprint density at radius 3 is 0.637 bits per heavy atom. The van der Waals surface area contributed by atoms with Crippen molar-refractivity contribution in [3.63, 3.8) is 0 Å². The average molecular weight is 1830 g/mol. The Labute approximate surface area is 649 Å². The molecule has 18 nitrogen and oxygen atoms in total. The number of aliphatic imine (C=N–C) groups is 4. The van der Waals surface area contributed by atoms with Crippen LogP contribution in [0.1, 0.15) is 176 Å². The molecule has 0 aliphatic carbocycles. The molecule has 0 atom stereocenters. The maximum Gasteiger partial charge on any atom is 0.0707 e. The van der Waals surface area contributed by atoms with Gasteiger partial charge in [0.2, 0.25) is 0 Å². The van der Waals surface area contributed by atoms with Gasteiger partial charge in [-0.05, 0) is 184 Å². The van der Waals surface area contributed by atoms with Crippen LogP contribution in [0.3, 0.4) is 0 Å². The van der Waals surface area contributed by atoms with E-state index >= 15 is 0 Å². The first kappa shape index (κ1) is 86.5. The number of fused-ring (bicyclic) bond motifs is 8. The summed E-state index contributed by atoms with van der Waals surface area (Å²) in [5.41, 5.74) is 9.94. The fourth-order valence-corrected chi connectivity index (χ4v) is 13.2. The summed E-state index contributed by atoms with van der Waals surface area (Å²) < 4.78 is 29.7. The van der Waals surface area contributed by atoms with E-state index in [0.717, 1.165) is 216 Å². The van der Waals surface area contributed by atoms with Gasteiger partial charge >= 0.3 is 0 Å². The van der Waals surface area contributed by atoms with Gasteiger partial charge in [0.15, 0.2) is 0 Å². The first-order valence-corrected chi connectivity index (χ1v) is 35.5. The van der Waals surface area contributed by atoms with Crippen molar-refractivity contribution < 1.29 is 113 Å². The molecule has 4 aromatic heterocycles. The van der Waals surface area contributed by atoms with Crippen LogP contribution in [0.2, 0.25) is 0 Å². The van der Waals surface area contributed by atoms with Crippen LogP contribution in [-0.2, 0) is 61.2 Å². The molecule has 0 saturated carbocycles. The number of hydrogen-bond donors (Lipinski definition) is 0. The minimum atomic E-state index is -0.366. The Kier molecular flexibility index (Phi) is 38.4. The van der Waals surface area contributed by atoms with E-state index in [2.05, 4.69) is 173 Å².